The van der Waals surface area contributed by atoms with Gasteiger partial charge in [-0.15, -0.1) is 11.3 Å². The molecule has 0 aromatic carbocycles. The predicted octanol–water partition coefficient (Wildman–Crippen LogP) is 4.18. The van der Waals surface area contributed by atoms with Crippen LogP contribution in [0.5, 0.6) is 0 Å². The van der Waals surface area contributed by atoms with Crippen molar-refractivity contribution in [3.05, 3.63) is 51.0 Å². The highest BCUT2D eigenvalue weighted by molar-refractivity contribution is 7.14. The summed E-state index contributed by atoms with van der Waals surface area (Å²) in [6.45, 7) is 1.93. The summed E-state index contributed by atoms with van der Waals surface area (Å²) in [7, 11) is 0. The third kappa shape index (κ3) is 2.16. The molecule has 0 atom stereocenters. The molecule has 1 fully saturated rings. The van der Waals surface area contributed by atoms with E-state index in [0.717, 1.165) is 30.3 Å². The zero-order valence-corrected chi connectivity index (χ0v) is 13.7. The van der Waals surface area contributed by atoms with Crippen LogP contribution in [-0.2, 0) is 13.0 Å². The van der Waals surface area contributed by atoms with Gasteiger partial charge in [0.05, 0.1) is 16.8 Å². The summed E-state index contributed by atoms with van der Waals surface area (Å²) in [5.74, 6) is 1.01. The molecule has 3 aliphatic rings. The van der Waals surface area contributed by atoms with Crippen LogP contribution < -0.4 is 4.90 Å². The van der Waals surface area contributed by atoms with Crippen LogP contribution in [0, 0.1) is 0 Å². The second kappa shape index (κ2) is 5.03. The van der Waals surface area contributed by atoms with Gasteiger partial charge in [0.1, 0.15) is 0 Å². The van der Waals surface area contributed by atoms with Crippen LogP contribution in [0.3, 0.4) is 0 Å². The lowest BCUT2D eigenvalue weighted by atomic mass is 9.96. The molecule has 2 aromatic rings. The van der Waals surface area contributed by atoms with Gasteiger partial charge in [0.15, 0.2) is 5.78 Å². The van der Waals surface area contributed by atoms with E-state index < -0.39 is 0 Å². The van der Waals surface area contributed by atoms with Crippen LogP contribution in [0.4, 0.5) is 5.69 Å². The molecule has 2 aromatic heterocycles. The van der Waals surface area contributed by atoms with Gasteiger partial charge in [0.25, 0.3) is 0 Å². The summed E-state index contributed by atoms with van der Waals surface area (Å²) in [5.41, 5.74) is 5.31. The molecule has 0 bridgehead atoms. The number of thiophene rings is 1. The molecule has 0 radical (unpaired) electrons. The van der Waals surface area contributed by atoms with Gasteiger partial charge in [-0.3, -0.25) is 9.78 Å². The summed E-state index contributed by atoms with van der Waals surface area (Å²) in [5, 5.41) is 0. The van der Waals surface area contributed by atoms with Gasteiger partial charge in [-0.2, -0.15) is 0 Å². The monoisotopic (exact) mass is 322 g/mol. The van der Waals surface area contributed by atoms with Crippen molar-refractivity contribution in [3.63, 3.8) is 0 Å². The third-order valence-electron chi connectivity index (χ3n) is 5.12. The first-order chi connectivity index (χ1) is 11.3. The lowest BCUT2D eigenvalue weighted by molar-refractivity contribution is 0.0998. The number of rotatable bonds is 2. The number of aromatic nitrogens is 1. The summed E-state index contributed by atoms with van der Waals surface area (Å²) in [6.07, 6.45) is 12.3. The summed E-state index contributed by atoms with van der Waals surface area (Å²) < 4.78 is 0. The summed E-state index contributed by atoms with van der Waals surface area (Å²) in [6, 6.07) is 2.19. The molecule has 0 spiro atoms. The molecule has 5 rings (SSSR count). The van der Waals surface area contributed by atoms with E-state index in [1.807, 2.05) is 18.5 Å². The topological polar surface area (TPSA) is 33.2 Å². The van der Waals surface area contributed by atoms with E-state index in [9.17, 15) is 4.79 Å². The van der Waals surface area contributed by atoms with Crippen molar-refractivity contribution in [1.29, 1.82) is 0 Å². The third-order valence-corrected chi connectivity index (χ3v) is 6.47. The van der Waals surface area contributed by atoms with Gasteiger partial charge in [0, 0.05) is 36.1 Å². The van der Waals surface area contributed by atoms with E-state index in [0.29, 0.717) is 6.42 Å². The molecular weight excluding hydrogens is 304 g/mol. The fourth-order valence-corrected chi connectivity index (χ4v) is 5.01. The number of nitrogens with zero attached hydrogens (tertiary/aromatic N) is 2. The van der Waals surface area contributed by atoms with Crippen LogP contribution in [0.2, 0.25) is 0 Å². The maximum atomic E-state index is 12.1. The first-order valence-corrected chi connectivity index (χ1v) is 9.16. The minimum Gasteiger partial charge on any atom is -0.365 e. The minimum absolute atomic E-state index is 0.286. The average Bonchev–Trinajstić information content (AvgIpc) is 3.36. The van der Waals surface area contributed by atoms with Crippen LogP contribution in [0.15, 0.2) is 24.5 Å². The molecule has 0 unspecified atom stereocenters. The number of allylic oxidation sites excluding steroid dienone is 1. The second-order valence-electron chi connectivity index (χ2n) is 6.66. The van der Waals surface area contributed by atoms with E-state index in [4.69, 9.17) is 0 Å². The Morgan fingerprint density at radius 1 is 1.30 bits per heavy atom. The van der Waals surface area contributed by atoms with Crippen LogP contribution in [-0.4, -0.2) is 17.3 Å². The number of pyridine rings is 1. The maximum absolute atomic E-state index is 12.1. The highest BCUT2D eigenvalue weighted by Crippen LogP contribution is 2.45. The molecule has 2 aliphatic carbocycles. The van der Waals surface area contributed by atoms with Gasteiger partial charge in [-0.05, 0) is 42.4 Å². The molecule has 116 valence electrons. The van der Waals surface area contributed by atoms with E-state index in [1.54, 1.807) is 11.3 Å². The van der Waals surface area contributed by atoms with Crippen molar-refractivity contribution in [3.8, 4) is 0 Å². The van der Waals surface area contributed by atoms with Crippen molar-refractivity contribution < 1.29 is 4.79 Å². The fourth-order valence-electron chi connectivity index (χ4n) is 3.77. The molecule has 1 aliphatic heterocycles. The number of hydrogen-bond donors (Lipinski definition) is 0. The number of Topliss-reactive ketones (excluding diaryl/α,β-unsaturated/α-hetero) is 1. The molecule has 1 saturated carbocycles. The molecule has 0 saturated heterocycles. The number of fused-ring (bicyclic) bond motifs is 3. The first-order valence-electron chi connectivity index (χ1n) is 8.34. The Hall–Kier alpha value is -1.94. The molecule has 3 nitrogen and oxygen atoms in total. The fraction of sp³-hybridized carbons (Fsp3) is 0.368. The Morgan fingerprint density at radius 3 is 3.09 bits per heavy atom. The van der Waals surface area contributed by atoms with E-state index in [2.05, 4.69) is 22.0 Å². The number of anilines is 1. The summed E-state index contributed by atoms with van der Waals surface area (Å²) >= 11 is 1.72. The smallest absolute Gasteiger partial charge is 0.177 e. The molecule has 4 heteroatoms. The van der Waals surface area contributed by atoms with Crippen molar-refractivity contribution in [2.45, 2.75) is 38.1 Å². The highest BCUT2D eigenvalue weighted by atomic mass is 32.1. The van der Waals surface area contributed by atoms with E-state index in [-0.39, 0.29) is 5.78 Å². The number of ketones is 1. The van der Waals surface area contributed by atoms with Crippen molar-refractivity contribution >= 4 is 28.9 Å². The Balaban J connectivity index is 1.54. The highest BCUT2D eigenvalue weighted by Gasteiger charge is 2.31. The largest absolute Gasteiger partial charge is 0.365 e. The van der Waals surface area contributed by atoms with Gasteiger partial charge in [-0.25, -0.2) is 0 Å². The van der Waals surface area contributed by atoms with Crippen molar-refractivity contribution in [2.75, 3.05) is 11.4 Å². The molecule has 0 amide bonds. The van der Waals surface area contributed by atoms with Gasteiger partial charge in [0.2, 0.25) is 0 Å². The quantitative estimate of drug-likeness (QED) is 0.831. The Kier molecular flexibility index (Phi) is 2.95. The summed E-state index contributed by atoms with van der Waals surface area (Å²) in [4.78, 5) is 21.4. The van der Waals surface area contributed by atoms with E-state index >= 15 is 0 Å². The standard InChI is InChI=1S/C19H18N2OS/c22-17-3-1-2-14-15-11-21(9-7-18(15)23-19(14)17)16-10-20-8-6-13(16)12-4-5-12/h1-2,6,8,10,12H,3-5,7,9,11H2. The SMILES string of the molecule is O=C1CC=Cc2c1sc1c2CN(c2cnccc2C2CC2)CC1. The van der Waals surface area contributed by atoms with Crippen molar-refractivity contribution in [2.24, 2.45) is 0 Å². The van der Waals surface area contributed by atoms with Gasteiger partial charge < -0.3 is 4.90 Å². The lowest BCUT2D eigenvalue weighted by Crippen LogP contribution is -2.30. The molecule has 0 N–H and O–H groups in total. The second-order valence-corrected chi connectivity index (χ2v) is 7.76. The van der Waals surface area contributed by atoms with Gasteiger partial charge >= 0.3 is 0 Å². The number of carbonyl (C=O) groups excluding carboxylic acids is 1. The molecular formula is C19H18N2OS. The van der Waals surface area contributed by atoms with E-state index in [1.165, 1.54) is 40.1 Å². The average molecular weight is 322 g/mol. The first kappa shape index (κ1) is 13.5. The number of carbonyl (C=O) groups is 1. The maximum Gasteiger partial charge on any atom is 0.177 e. The van der Waals surface area contributed by atoms with Crippen LogP contribution in [0.25, 0.3) is 6.08 Å². The Labute approximate surface area is 139 Å². The normalized spacial score (nSPS) is 19.7. The molecule has 3 heterocycles. The lowest BCUT2D eigenvalue weighted by Gasteiger charge is -2.31. The molecule has 23 heavy (non-hydrogen) atoms. The van der Waals surface area contributed by atoms with Crippen LogP contribution in [0.1, 0.15) is 56.4 Å². The predicted molar refractivity (Wildman–Crippen MR) is 93.3 cm³/mol. The number of hydrogen-bond acceptors (Lipinski definition) is 4. The van der Waals surface area contributed by atoms with Crippen molar-refractivity contribution in [1.82, 2.24) is 4.98 Å². The van der Waals surface area contributed by atoms with Gasteiger partial charge in [-0.1, -0.05) is 12.2 Å². The Morgan fingerprint density at radius 2 is 2.22 bits per heavy atom. The Bertz CT molecular complexity index is 832. The minimum atomic E-state index is 0.286. The van der Waals surface area contributed by atoms with Crippen LogP contribution >= 0.6 is 11.3 Å². The zero-order chi connectivity index (χ0) is 15.4. The zero-order valence-electron chi connectivity index (χ0n) is 12.9.